The lowest BCUT2D eigenvalue weighted by Gasteiger charge is -2.58. The Hall–Kier alpha value is 0.420. The van der Waals surface area contributed by atoms with Crippen molar-refractivity contribution in [2.45, 2.75) is 111 Å². The van der Waals surface area contributed by atoms with Crippen LogP contribution in [0.4, 0.5) is 5.69 Å². The summed E-state index contributed by atoms with van der Waals surface area (Å²) in [5.74, 6) is 5.04. The average molecular weight is 912 g/mol. The molecule has 0 N–H and O–H groups in total. The molecule has 234 valence electrons. The van der Waals surface area contributed by atoms with Crippen molar-refractivity contribution in [3.05, 3.63) is 34.5 Å². The molecule has 0 heterocycles. The van der Waals surface area contributed by atoms with Crippen LogP contribution in [-0.2, 0) is 9.53 Å². The van der Waals surface area contributed by atoms with E-state index in [0.717, 1.165) is 54.0 Å². The SMILES string of the molecule is CC(C)CCC[C@@H](C)[C@H]1CCC2C3CC=C4C[C@@H](OC(=O)CN(C)c5c(I)cc(I)cc5I)CC[C@]4(C)C3CC[C@@]21C. The van der Waals surface area contributed by atoms with Crippen LogP contribution in [0.15, 0.2) is 23.8 Å². The van der Waals surface area contributed by atoms with E-state index in [1.54, 1.807) is 5.57 Å². The van der Waals surface area contributed by atoms with Gasteiger partial charge in [0, 0.05) is 24.2 Å². The molecule has 0 aliphatic heterocycles. The zero-order valence-corrected chi connectivity index (χ0v) is 33.1. The van der Waals surface area contributed by atoms with E-state index < -0.39 is 0 Å². The van der Waals surface area contributed by atoms with Gasteiger partial charge in [-0.3, -0.25) is 4.79 Å². The minimum Gasteiger partial charge on any atom is -0.461 e. The summed E-state index contributed by atoms with van der Waals surface area (Å²) < 4.78 is 9.73. The number of allylic oxidation sites excluding steroid dienone is 1. The van der Waals surface area contributed by atoms with Gasteiger partial charge in [-0.15, -0.1) is 0 Å². The maximum absolute atomic E-state index is 13.1. The molecule has 42 heavy (non-hydrogen) atoms. The number of ether oxygens (including phenoxy) is 1. The third kappa shape index (κ3) is 6.76. The Kier molecular flexibility index (Phi) is 11.0. The van der Waals surface area contributed by atoms with Gasteiger partial charge in [0.15, 0.2) is 0 Å². The number of anilines is 1. The van der Waals surface area contributed by atoms with E-state index in [9.17, 15) is 4.79 Å². The molecule has 4 aliphatic carbocycles. The quantitative estimate of drug-likeness (QED) is 0.140. The highest BCUT2D eigenvalue weighted by Gasteiger charge is 2.59. The number of benzene rings is 1. The number of halogens is 3. The van der Waals surface area contributed by atoms with E-state index in [0.29, 0.717) is 17.4 Å². The molecule has 3 fully saturated rings. The van der Waals surface area contributed by atoms with Crippen molar-refractivity contribution in [1.82, 2.24) is 0 Å². The normalized spacial score (nSPS) is 34.7. The van der Waals surface area contributed by atoms with Crippen LogP contribution < -0.4 is 4.90 Å². The van der Waals surface area contributed by atoms with E-state index in [-0.39, 0.29) is 12.1 Å². The maximum atomic E-state index is 13.1. The summed E-state index contributed by atoms with van der Waals surface area (Å²) in [5, 5.41) is 0. The third-order valence-corrected chi connectivity index (χ3v) is 14.6. The van der Waals surface area contributed by atoms with E-state index in [1.807, 2.05) is 7.05 Å². The molecule has 6 heteroatoms. The summed E-state index contributed by atoms with van der Waals surface area (Å²) in [6.07, 6.45) is 16.9. The Morgan fingerprint density at radius 3 is 2.40 bits per heavy atom. The highest BCUT2D eigenvalue weighted by Crippen LogP contribution is 2.67. The van der Waals surface area contributed by atoms with Crippen LogP contribution in [0.5, 0.6) is 0 Å². The van der Waals surface area contributed by atoms with E-state index in [4.69, 9.17) is 4.74 Å². The van der Waals surface area contributed by atoms with Gasteiger partial charge in [0.1, 0.15) is 12.6 Å². The van der Waals surface area contributed by atoms with Crippen molar-refractivity contribution in [3.8, 4) is 0 Å². The van der Waals surface area contributed by atoms with Crippen LogP contribution in [0.2, 0.25) is 0 Å². The van der Waals surface area contributed by atoms with Crippen molar-refractivity contribution < 1.29 is 9.53 Å². The van der Waals surface area contributed by atoms with Crippen molar-refractivity contribution in [2.75, 3.05) is 18.5 Å². The van der Waals surface area contributed by atoms with Gasteiger partial charge in [-0.1, -0.05) is 65.5 Å². The molecule has 0 saturated heterocycles. The van der Waals surface area contributed by atoms with Crippen LogP contribution in [0.25, 0.3) is 0 Å². The summed E-state index contributed by atoms with van der Waals surface area (Å²) in [4.78, 5) is 15.2. The van der Waals surface area contributed by atoms with Crippen molar-refractivity contribution in [2.24, 2.45) is 46.3 Å². The van der Waals surface area contributed by atoms with Gasteiger partial charge in [0.2, 0.25) is 0 Å². The van der Waals surface area contributed by atoms with Crippen molar-refractivity contribution >= 4 is 79.4 Å². The monoisotopic (exact) mass is 911 g/mol. The second kappa shape index (κ2) is 13.6. The molecule has 3 nitrogen and oxygen atoms in total. The van der Waals surface area contributed by atoms with Crippen LogP contribution in [-0.4, -0.2) is 25.7 Å². The molecule has 0 bridgehead atoms. The van der Waals surface area contributed by atoms with Gasteiger partial charge in [0.05, 0.1) is 5.69 Å². The predicted octanol–water partition coefficient (Wildman–Crippen LogP) is 10.9. The number of carbonyl (C=O) groups excluding carboxylic acids is 1. The molecule has 5 rings (SSSR count). The van der Waals surface area contributed by atoms with E-state index in [2.05, 4.69) is 125 Å². The number of fused-ring (bicyclic) bond motifs is 5. The smallest absolute Gasteiger partial charge is 0.325 e. The summed E-state index contributed by atoms with van der Waals surface area (Å²) in [6, 6.07) is 4.33. The topological polar surface area (TPSA) is 29.5 Å². The molecular weight excluding hydrogens is 859 g/mol. The van der Waals surface area contributed by atoms with E-state index >= 15 is 0 Å². The Labute approximate surface area is 296 Å². The van der Waals surface area contributed by atoms with Crippen LogP contribution in [0, 0.1) is 57.0 Å². The molecule has 3 saturated carbocycles. The molecule has 0 aromatic heterocycles. The summed E-state index contributed by atoms with van der Waals surface area (Å²) in [7, 11) is 2.01. The molecule has 0 amide bonds. The standard InChI is InChI=1S/C36H52I3NO2/c1-22(2)8-7-9-23(3)28-12-13-29-27-11-10-24-18-26(14-16-35(24,4)30(27)15-17-36(28,29)5)42-33(41)21-40(6)34-31(38)19-25(37)20-32(34)39/h10,19-20,22-23,26-30H,7-9,11-18,21H2,1-6H3/t23-,26+,27?,28-,29?,30?,35+,36-/m1/s1. The number of esters is 1. The summed E-state index contributed by atoms with van der Waals surface area (Å²) in [5.41, 5.74) is 3.54. The maximum Gasteiger partial charge on any atom is 0.325 e. The Morgan fingerprint density at radius 2 is 1.71 bits per heavy atom. The molecular formula is C36H52I3NO2. The number of likely N-dealkylation sites (N-methyl/N-ethyl adjacent to an activating group) is 1. The van der Waals surface area contributed by atoms with Gasteiger partial charge < -0.3 is 9.64 Å². The number of hydrogen-bond donors (Lipinski definition) is 0. The fourth-order valence-corrected chi connectivity index (χ4v) is 14.6. The highest BCUT2D eigenvalue weighted by atomic mass is 127. The minimum atomic E-state index is -0.0986. The second-order valence-corrected chi connectivity index (χ2v) is 18.8. The minimum absolute atomic E-state index is 0.0213. The average Bonchev–Trinajstić information content (AvgIpc) is 3.25. The molecule has 0 radical (unpaired) electrons. The van der Waals surface area contributed by atoms with Crippen molar-refractivity contribution in [3.63, 3.8) is 0 Å². The highest BCUT2D eigenvalue weighted by molar-refractivity contribution is 14.1. The first-order valence-corrected chi connectivity index (χ1v) is 19.8. The molecule has 1 aromatic carbocycles. The molecule has 3 unspecified atom stereocenters. The first-order valence-electron chi connectivity index (χ1n) is 16.6. The van der Waals surface area contributed by atoms with Crippen LogP contribution >= 0.6 is 67.8 Å². The lowest BCUT2D eigenvalue weighted by Crippen LogP contribution is -2.51. The lowest BCUT2D eigenvalue weighted by molar-refractivity contribution is -0.149. The molecule has 1 aromatic rings. The van der Waals surface area contributed by atoms with Gasteiger partial charge in [-0.05, 0) is 171 Å². The fraction of sp³-hybridized carbons (Fsp3) is 0.750. The number of hydrogen-bond acceptors (Lipinski definition) is 3. The number of carbonyl (C=O) groups is 1. The van der Waals surface area contributed by atoms with Crippen LogP contribution in [0.1, 0.15) is 105 Å². The zero-order chi connectivity index (χ0) is 30.4. The lowest BCUT2D eigenvalue weighted by atomic mass is 9.47. The second-order valence-electron chi connectivity index (χ2n) is 15.2. The molecule has 4 aliphatic rings. The Balaban J connectivity index is 1.20. The van der Waals surface area contributed by atoms with E-state index in [1.165, 1.54) is 68.5 Å². The van der Waals surface area contributed by atoms with Gasteiger partial charge in [-0.2, -0.15) is 0 Å². The summed E-state index contributed by atoms with van der Waals surface area (Å²) in [6.45, 7) is 12.9. The first-order chi connectivity index (χ1) is 19.8. The van der Waals surface area contributed by atoms with Gasteiger partial charge in [0.25, 0.3) is 0 Å². The van der Waals surface area contributed by atoms with Crippen molar-refractivity contribution in [1.29, 1.82) is 0 Å². The molecule has 8 atom stereocenters. The fourth-order valence-electron chi connectivity index (χ4n) is 10.1. The zero-order valence-electron chi connectivity index (χ0n) is 26.7. The number of nitrogens with zero attached hydrogens (tertiary/aromatic N) is 1. The third-order valence-electron chi connectivity index (χ3n) is 12.3. The van der Waals surface area contributed by atoms with Gasteiger partial charge in [-0.25, -0.2) is 0 Å². The largest absolute Gasteiger partial charge is 0.461 e. The Morgan fingerprint density at radius 1 is 1.00 bits per heavy atom. The Bertz CT molecular complexity index is 1160. The predicted molar refractivity (Wildman–Crippen MR) is 201 cm³/mol. The summed E-state index contributed by atoms with van der Waals surface area (Å²) >= 11 is 7.10. The number of rotatable bonds is 9. The first kappa shape index (κ1) is 33.8. The van der Waals surface area contributed by atoms with Crippen LogP contribution in [0.3, 0.4) is 0 Å². The van der Waals surface area contributed by atoms with Gasteiger partial charge >= 0.3 is 5.97 Å². The molecule has 0 spiro atoms.